The van der Waals surface area contributed by atoms with E-state index in [2.05, 4.69) is 10.6 Å². The van der Waals surface area contributed by atoms with Gasteiger partial charge in [-0.15, -0.1) is 0 Å². The SMILES string of the molecule is CCOC(=O)[C@H](Cc1ccccc1)NC(=O)CNC(=O)[C@@H](C)N.O=C(O)C(F)(F)F. The summed E-state index contributed by atoms with van der Waals surface area (Å²) in [5.41, 5.74) is 6.29. The monoisotopic (exact) mass is 435 g/mol. The molecular formula is C18H24F3N3O6. The van der Waals surface area contributed by atoms with Gasteiger partial charge in [0.05, 0.1) is 19.2 Å². The maximum absolute atomic E-state index is 12.0. The highest BCUT2D eigenvalue weighted by molar-refractivity contribution is 5.89. The summed E-state index contributed by atoms with van der Waals surface area (Å²) in [7, 11) is 0. The van der Waals surface area contributed by atoms with Crippen LogP contribution >= 0.6 is 0 Å². The zero-order chi connectivity index (χ0) is 23.3. The van der Waals surface area contributed by atoms with Crippen molar-refractivity contribution in [3.05, 3.63) is 35.9 Å². The predicted octanol–water partition coefficient (Wildman–Crippen LogP) is 0.374. The molecule has 0 bridgehead atoms. The van der Waals surface area contributed by atoms with E-state index in [1.807, 2.05) is 30.3 Å². The van der Waals surface area contributed by atoms with Gasteiger partial charge in [-0.05, 0) is 19.4 Å². The highest BCUT2D eigenvalue weighted by atomic mass is 19.4. The highest BCUT2D eigenvalue weighted by Gasteiger charge is 2.38. The second kappa shape index (κ2) is 13.1. The molecule has 1 rings (SSSR count). The number of aliphatic carboxylic acids is 1. The summed E-state index contributed by atoms with van der Waals surface area (Å²) in [6.07, 6.45) is -4.77. The van der Waals surface area contributed by atoms with Gasteiger partial charge in [-0.3, -0.25) is 9.59 Å². The van der Waals surface area contributed by atoms with Crippen molar-refractivity contribution < 1.29 is 42.2 Å². The van der Waals surface area contributed by atoms with Crippen LogP contribution in [0.15, 0.2) is 30.3 Å². The van der Waals surface area contributed by atoms with E-state index in [1.54, 1.807) is 6.92 Å². The Morgan fingerprint density at radius 3 is 2.13 bits per heavy atom. The molecule has 0 aliphatic carbocycles. The molecule has 0 unspecified atom stereocenters. The number of benzene rings is 1. The Morgan fingerprint density at radius 2 is 1.70 bits per heavy atom. The number of alkyl halides is 3. The van der Waals surface area contributed by atoms with Crippen molar-refractivity contribution in [3.8, 4) is 0 Å². The van der Waals surface area contributed by atoms with Crippen LogP contribution in [0.25, 0.3) is 0 Å². The first-order valence-corrected chi connectivity index (χ1v) is 8.71. The van der Waals surface area contributed by atoms with Gasteiger partial charge in [-0.2, -0.15) is 13.2 Å². The molecule has 0 saturated carbocycles. The van der Waals surface area contributed by atoms with Gasteiger partial charge in [0.15, 0.2) is 0 Å². The summed E-state index contributed by atoms with van der Waals surface area (Å²) in [6, 6.07) is 7.77. The Hall–Kier alpha value is -3.15. The Bertz CT molecular complexity index is 711. The van der Waals surface area contributed by atoms with Crippen molar-refractivity contribution in [2.45, 2.75) is 38.5 Å². The summed E-state index contributed by atoms with van der Waals surface area (Å²) in [5, 5.41) is 12.1. The lowest BCUT2D eigenvalue weighted by Crippen LogP contribution is -2.49. The fourth-order valence-electron chi connectivity index (χ4n) is 1.86. The minimum atomic E-state index is -5.08. The van der Waals surface area contributed by atoms with Gasteiger partial charge in [-0.25, -0.2) is 9.59 Å². The molecule has 0 aliphatic rings. The molecule has 1 aromatic rings. The number of nitrogens with one attached hydrogen (secondary N) is 2. The van der Waals surface area contributed by atoms with Crippen molar-refractivity contribution in [2.75, 3.05) is 13.2 Å². The smallest absolute Gasteiger partial charge is 0.475 e. The first-order valence-electron chi connectivity index (χ1n) is 8.71. The number of carboxylic acid groups (broad SMARTS) is 1. The van der Waals surface area contributed by atoms with Crippen molar-refractivity contribution >= 4 is 23.8 Å². The van der Waals surface area contributed by atoms with Crippen molar-refractivity contribution in [1.82, 2.24) is 10.6 Å². The lowest BCUT2D eigenvalue weighted by atomic mass is 10.1. The number of amides is 2. The van der Waals surface area contributed by atoms with E-state index in [1.165, 1.54) is 6.92 Å². The largest absolute Gasteiger partial charge is 0.490 e. The fourth-order valence-corrected chi connectivity index (χ4v) is 1.86. The Kier molecular flexibility index (Phi) is 11.8. The summed E-state index contributed by atoms with van der Waals surface area (Å²) in [4.78, 5) is 44.1. The van der Waals surface area contributed by atoms with Crippen LogP contribution in [0.5, 0.6) is 0 Å². The molecular weight excluding hydrogens is 411 g/mol. The Balaban J connectivity index is 0.00000103. The molecule has 12 heteroatoms. The predicted molar refractivity (Wildman–Crippen MR) is 99.1 cm³/mol. The number of ether oxygens (including phenoxy) is 1. The highest BCUT2D eigenvalue weighted by Crippen LogP contribution is 2.13. The molecule has 0 heterocycles. The molecule has 2 atom stereocenters. The maximum atomic E-state index is 12.0. The van der Waals surface area contributed by atoms with E-state index in [4.69, 9.17) is 20.4 Å². The van der Waals surface area contributed by atoms with Crippen molar-refractivity contribution in [2.24, 2.45) is 5.73 Å². The van der Waals surface area contributed by atoms with Crippen LogP contribution < -0.4 is 16.4 Å². The molecule has 0 spiro atoms. The molecule has 30 heavy (non-hydrogen) atoms. The Morgan fingerprint density at radius 1 is 1.17 bits per heavy atom. The van der Waals surface area contributed by atoms with Gasteiger partial charge >= 0.3 is 18.1 Å². The molecule has 0 saturated heterocycles. The Labute approximate surface area is 170 Å². The van der Waals surface area contributed by atoms with E-state index in [0.29, 0.717) is 6.42 Å². The quantitative estimate of drug-likeness (QED) is 0.431. The summed E-state index contributed by atoms with van der Waals surface area (Å²) in [6.45, 7) is 3.19. The lowest BCUT2D eigenvalue weighted by Gasteiger charge is -2.18. The van der Waals surface area contributed by atoms with Crippen molar-refractivity contribution in [3.63, 3.8) is 0 Å². The second-order valence-electron chi connectivity index (χ2n) is 5.87. The zero-order valence-electron chi connectivity index (χ0n) is 16.4. The van der Waals surface area contributed by atoms with Gasteiger partial charge in [0.1, 0.15) is 6.04 Å². The molecule has 0 aliphatic heterocycles. The average molecular weight is 435 g/mol. The first kappa shape index (κ1) is 26.9. The zero-order valence-corrected chi connectivity index (χ0v) is 16.4. The number of halogens is 3. The maximum Gasteiger partial charge on any atom is 0.490 e. The van der Waals surface area contributed by atoms with Crippen molar-refractivity contribution in [1.29, 1.82) is 0 Å². The minimum Gasteiger partial charge on any atom is -0.475 e. The van der Waals surface area contributed by atoms with Gasteiger partial charge in [0.25, 0.3) is 0 Å². The lowest BCUT2D eigenvalue weighted by molar-refractivity contribution is -0.192. The van der Waals surface area contributed by atoms with Gasteiger partial charge in [0.2, 0.25) is 11.8 Å². The number of carbonyl (C=O) groups is 4. The summed E-state index contributed by atoms with van der Waals surface area (Å²) < 4.78 is 36.7. The second-order valence-corrected chi connectivity index (χ2v) is 5.87. The molecule has 2 amide bonds. The van der Waals surface area contributed by atoms with Crippen LogP contribution in [0.3, 0.4) is 0 Å². The first-order chi connectivity index (χ1) is 13.9. The summed E-state index contributed by atoms with van der Waals surface area (Å²) >= 11 is 0. The minimum absolute atomic E-state index is 0.224. The standard InChI is InChI=1S/C16H23N3O4.C2HF3O2/c1-3-23-16(22)13(9-12-7-5-4-6-8-12)19-14(20)10-18-15(21)11(2)17;3-2(4,5)1(6)7/h4-8,11,13H,3,9-10,17H2,1-2H3,(H,18,21)(H,19,20);(H,6,7)/t11-,13+;/m1./s1. The van der Waals surface area contributed by atoms with Crippen LogP contribution in [0, 0.1) is 0 Å². The molecule has 5 N–H and O–H groups in total. The third kappa shape index (κ3) is 11.6. The van der Waals surface area contributed by atoms with Gasteiger partial charge in [-0.1, -0.05) is 30.3 Å². The van der Waals surface area contributed by atoms with Crippen LogP contribution in [0.4, 0.5) is 13.2 Å². The normalized spacial score (nSPS) is 12.5. The number of nitrogens with two attached hydrogens (primary N) is 1. The van der Waals surface area contributed by atoms with E-state index < -0.39 is 42.0 Å². The summed E-state index contributed by atoms with van der Waals surface area (Å²) in [5.74, 6) is -4.18. The van der Waals surface area contributed by atoms with Gasteiger partial charge in [0, 0.05) is 6.42 Å². The van der Waals surface area contributed by atoms with E-state index in [9.17, 15) is 27.6 Å². The van der Waals surface area contributed by atoms with E-state index in [0.717, 1.165) is 5.56 Å². The third-order valence-corrected chi connectivity index (χ3v) is 3.27. The third-order valence-electron chi connectivity index (χ3n) is 3.27. The van der Waals surface area contributed by atoms with Crippen LogP contribution in [0.2, 0.25) is 0 Å². The number of esters is 1. The van der Waals surface area contributed by atoms with Gasteiger partial charge < -0.3 is 26.2 Å². The number of hydrogen-bond acceptors (Lipinski definition) is 6. The fraction of sp³-hybridized carbons (Fsp3) is 0.444. The molecule has 0 radical (unpaired) electrons. The van der Waals surface area contributed by atoms with Crippen LogP contribution in [-0.2, 0) is 30.3 Å². The average Bonchev–Trinajstić information content (AvgIpc) is 2.66. The molecule has 9 nitrogen and oxygen atoms in total. The number of rotatable bonds is 8. The number of hydrogen-bond donors (Lipinski definition) is 4. The van der Waals surface area contributed by atoms with Crippen LogP contribution in [-0.4, -0.2) is 60.3 Å². The number of carboxylic acids is 1. The molecule has 1 aromatic carbocycles. The van der Waals surface area contributed by atoms with E-state index in [-0.39, 0.29) is 13.2 Å². The van der Waals surface area contributed by atoms with E-state index >= 15 is 0 Å². The molecule has 0 fully saturated rings. The number of carbonyl (C=O) groups excluding carboxylic acids is 3. The topological polar surface area (TPSA) is 148 Å². The molecule has 0 aromatic heterocycles. The van der Waals surface area contributed by atoms with Crippen LogP contribution in [0.1, 0.15) is 19.4 Å². The molecule has 168 valence electrons.